The van der Waals surface area contributed by atoms with Crippen LogP contribution in [0.5, 0.6) is 0 Å². The SMILES string of the molecule is CCNC(CCc1ccccc1)C1CCc2cccnc21. The number of nitrogens with zero attached hydrogens (tertiary/aromatic N) is 1. The first-order valence-corrected chi connectivity index (χ1v) is 8.09. The summed E-state index contributed by atoms with van der Waals surface area (Å²) in [7, 11) is 0. The molecule has 21 heavy (non-hydrogen) atoms. The van der Waals surface area contributed by atoms with Gasteiger partial charge in [0.25, 0.3) is 0 Å². The van der Waals surface area contributed by atoms with Crippen LogP contribution in [0.15, 0.2) is 48.7 Å². The molecule has 3 rings (SSSR count). The maximum atomic E-state index is 4.66. The van der Waals surface area contributed by atoms with Gasteiger partial charge in [-0.3, -0.25) is 4.98 Å². The molecule has 2 heteroatoms. The van der Waals surface area contributed by atoms with Gasteiger partial charge in [0, 0.05) is 23.9 Å². The summed E-state index contributed by atoms with van der Waals surface area (Å²) in [5, 5.41) is 3.70. The summed E-state index contributed by atoms with van der Waals surface area (Å²) in [5.41, 5.74) is 4.21. The molecule has 1 aliphatic rings. The first-order chi connectivity index (χ1) is 10.4. The van der Waals surface area contributed by atoms with Crippen LogP contribution in [0.3, 0.4) is 0 Å². The van der Waals surface area contributed by atoms with E-state index < -0.39 is 0 Å². The second-order valence-corrected chi connectivity index (χ2v) is 5.88. The van der Waals surface area contributed by atoms with E-state index in [1.54, 1.807) is 0 Å². The Kier molecular flexibility index (Phi) is 4.66. The number of hydrogen-bond donors (Lipinski definition) is 1. The third-order valence-corrected chi connectivity index (χ3v) is 4.54. The summed E-state index contributed by atoms with van der Waals surface area (Å²) in [6.07, 6.45) is 6.67. The molecule has 0 saturated heterocycles. The van der Waals surface area contributed by atoms with Crippen LogP contribution in [-0.2, 0) is 12.8 Å². The number of likely N-dealkylation sites (N-methyl/N-ethyl adjacent to an activating group) is 1. The van der Waals surface area contributed by atoms with Crippen molar-refractivity contribution in [2.75, 3.05) is 6.54 Å². The molecule has 2 nitrogen and oxygen atoms in total. The summed E-state index contributed by atoms with van der Waals surface area (Å²) < 4.78 is 0. The molecule has 1 heterocycles. The van der Waals surface area contributed by atoms with Crippen molar-refractivity contribution in [1.82, 2.24) is 10.3 Å². The van der Waals surface area contributed by atoms with Gasteiger partial charge in [0.15, 0.2) is 0 Å². The van der Waals surface area contributed by atoms with Crippen LogP contribution in [0.4, 0.5) is 0 Å². The van der Waals surface area contributed by atoms with E-state index in [0.717, 1.165) is 13.0 Å². The fraction of sp³-hybridized carbons (Fsp3) is 0.421. The predicted molar refractivity (Wildman–Crippen MR) is 87.5 cm³/mol. The zero-order valence-corrected chi connectivity index (χ0v) is 12.8. The lowest BCUT2D eigenvalue weighted by Crippen LogP contribution is -2.34. The number of hydrogen-bond acceptors (Lipinski definition) is 2. The van der Waals surface area contributed by atoms with Gasteiger partial charge in [-0.2, -0.15) is 0 Å². The van der Waals surface area contributed by atoms with E-state index in [4.69, 9.17) is 0 Å². The molecule has 1 aromatic carbocycles. The highest BCUT2D eigenvalue weighted by atomic mass is 14.9. The lowest BCUT2D eigenvalue weighted by atomic mass is 9.91. The van der Waals surface area contributed by atoms with Crippen LogP contribution in [0.25, 0.3) is 0 Å². The zero-order chi connectivity index (χ0) is 14.5. The topological polar surface area (TPSA) is 24.9 Å². The summed E-state index contributed by atoms with van der Waals surface area (Å²) in [6.45, 7) is 3.22. The van der Waals surface area contributed by atoms with Crippen LogP contribution in [0, 0.1) is 0 Å². The predicted octanol–water partition coefficient (Wildman–Crippen LogP) is 3.72. The van der Waals surface area contributed by atoms with Crippen LogP contribution >= 0.6 is 0 Å². The molecule has 110 valence electrons. The molecular formula is C19H24N2. The number of aryl methyl sites for hydroxylation is 2. The van der Waals surface area contributed by atoms with Crippen molar-refractivity contribution in [2.24, 2.45) is 0 Å². The van der Waals surface area contributed by atoms with Crippen molar-refractivity contribution in [1.29, 1.82) is 0 Å². The fourth-order valence-corrected chi connectivity index (χ4v) is 3.51. The van der Waals surface area contributed by atoms with Crippen molar-refractivity contribution in [3.63, 3.8) is 0 Å². The van der Waals surface area contributed by atoms with E-state index in [9.17, 15) is 0 Å². The highest BCUT2D eigenvalue weighted by molar-refractivity contribution is 5.30. The molecule has 0 bridgehead atoms. The Bertz CT molecular complexity index is 565. The molecular weight excluding hydrogens is 256 g/mol. The van der Waals surface area contributed by atoms with E-state index in [1.165, 1.54) is 36.1 Å². The first kappa shape index (κ1) is 14.3. The lowest BCUT2D eigenvalue weighted by molar-refractivity contribution is 0.409. The highest BCUT2D eigenvalue weighted by Crippen LogP contribution is 2.35. The molecule has 1 aromatic heterocycles. The minimum atomic E-state index is 0.534. The molecule has 0 fully saturated rings. The van der Waals surface area contributed by atoms with Crippen molar-refractivity contribution in [3.8, 4) is 0 Å². The fourth-order valence-electron chi connectivity index (χ4n) is 3.51. The van der Waals surface area contributed by atoms with Crippen LogP contribution in [-0.4, -0.2) is 17.6 Å². The van der Waals surface area contributed by atoms with Crippen LogP contribution < -0.4 is 5.32 Å². The molecule has 0 spiro atoms. The molecule has 0 amide bonds. The molecule has 1 aliphatic carbocycles. The van der Waals surface area contributed by atoms with Gasteiger partial charge in [-0.15, -0.1) is 0 Å². The summed E-state index contributed by atoms with van der Waals surface area (Å²) in [6, 6.07) is 15.6. The second-order valence-electron chi connectivity index (χ2n) is 5.88. The average molecular weight is 280 g/mol. The van der Waals surface area contributed by atoms with Crippen molar-refractivity contribution in [3.05, 3.63) is 65.5 Å². The van der Waals surface area contributed by atoms with Crippen molar-refractivity contribution < 1.29 is 0 Å². The summed E-state index contributed by atoms with van der Waals surface area (Å²) in [5.74, 6) is 0.574. The van der Waals surface area contributed by atoms with Gasteiger partial charge in [0.05, 0.1) is 0 Å². The maximum Gasteiger partial charge on any atom is 0.0482 e. The Morgan fingerprint density at radius 2 is 2.05 bits per heavy atom. The Morgan fingerprint density at radius 1 is 1.19 bits per heavy atom. The number of benzene rings is 1. The molecule has 2 unspecified atom stereocenters. The normalized spacial score (nSPS) is 18.4. The monoisotopic (exact) mass is 280 g/mol. The van der Waals surface area contributed by atoms with Gasteiger partial charge in [0.1, 0.15) is 0 Å². The standard InChI is InChI=1S/C19H24N2/c1-2-20-18(13-10-15-7-4-3-5-8-15)17-12-11-16-9-6-14-21-19(16)17/h3-9,14,17-18,20H,2,10-13H2,1H3. The van der Waals surface area contributed by atoms with Gasteiger partial charge in [0.2, 0.25) is 0 Å². The van der Waals surface area contributed by atoms with E-state index >= 15 is 0 Å². The van der Waals surface area contributed by atoms with Gasteiger partial charge in [-0.1, -0.05) is 43.3 Å². The maximum absolute atomic E-state index is 4.66. The van der Waals surface area contributed by atoms with Crippen molar-refractivity contribution >= 4 is 0 Å². The van der Waals surface area contributed by atoms with Crippen molar-refractivity contribution in [2.45, 2.75) is 44.6 Å². The molecule has 1 N–H and O–H groups in total. The van der Waals surface area contributed by atoms with Gasteiger partial charge in [-0.25, -0.2) is 0 Å². The quantitative estimate of drug-likeness (QED) is 0.872. The molecule has 0 radical (unpaired) electrons. The highest BCUT2D eigenvalue weighted by Gasteiger charge is 2.30. The summed E-state index contributed by atoms with van der Waals surface area (Å²) in [4.78, 5) is 4.66. The number of nitrogens with one attached hydrogen (secondary N) is 1. The van der Waals surface area contributed by atoms with Gasteiger partial charge < -0.3 is 5.32 Å². The zero-order valence-electron chi connectivity index (χ0n) is 12.8. The number of aromatic nitrogens is 1. The number of fused-ring (bicyclic) bond motifs is 1. The van der Waals surface area contributed by atoms with E-state index in [2.05, 4.69) is 59.7 Å². The summed E-state index contributed by atoms with van der Waals surface area (Å²) >= 11 is 0. The number of pyridine rings is 1. The molecule has 0 saturated carbocycles. The van der Waals surface area contributed by atoms with E-state index in [0.29, 0.717) is 12.0 Å². The lowest BCUT2D eigenvalue weighted by Gasteiger charge is -2.24. The third-order valence-electron chi connectivity index (χ3n) is 4.54. The number of rotatable bonds is 6. The smallest absolute Gasteiger partial charge is 0.0482 e. The second kappa shape index (κ2) is 6.86. The Labute approximate surface area is 127 Å². The third kappa shape index (κ3) is 3.33. The van der Waals surface area contributed by atoms with Gasteiger partial charge in [-0.05, 0) is 49.4 Å². The molecule has 0 aliphatic heterocycles. The minimum absolute atomic E-state index is 0.534. The Morgan fingerprint density at radius 3 is 2.86 bits per heavy atom. The Hall–Kier alpha value is -1.67. The first-order valence-electron chi connectivity index (χ1n) is 8.09. The van der Waals surface area contributed by atoms with E-state index in [-0.39, 0.29) is 0 Å². The largest absolute Gasteiger partial charge is 0.314 e. The molecule has 2 atom stereocenters. The van der Waals surface area contributed by atoms with Gasteiger partial charge >= 0.3 is 0 Å². The Balaban J connectivity index is 1.70. The van der Waals surface area contributed by atoms with Crippen LogP contribution in [0.1, 0.15) is 42.5 Å². The molecule has 2 aromatic rings. The average Bonchev–Trinajstić information content (AvgIpc) is 2.96. The van der Waals surface area contributed by atoms with E-state index in [1.807, 2.05) is 6.20 Å². The van der Waals surface area contributed by atoms with Crippen LogP contribution in [0.2, 0.25) is 0 Å². The minimum Gasteiger partial charge on any atom is -0.314 e.